The highest BCUT2D eigenvalue weighted by Gasteiger charge is 2.38. The van der Waals surface area contributed by atoms with E-state index < -0.39 is 12.0 Å². The summed E-state index contributed by atoms with van der Waals surface area (Å²) in [7, 11) is 0. The van der Waals surface area contributed by atoms with Crippen LogP contribution < -0.4 is 0 Å². The number of carbonyl (C=O) groups excluding carboxylic acids is 1. The Balaban J connectivity index is 1.76. The maximum absolute atomic E-state index is 12.8. The molecule has 6 nitrogen and oxygen atoms in total. The van der Waals surface area contributed by atoms with Crippen LogP contribution in [0.25, 0.3) is 0 Å². The molecule has 0 aliphatic carbocycles. The molecule has 2 aliphatic heterocycles. The third kappa shape index (κ3) is 3.44. The number of rotatable bonds is 3. The molecular formula is C18H24N2O4. The molecule has 0 radical (unpaired) electrons. The fourth-order valence-electron chi connectivity index (χ4n) is 3.67. The van der Waals surface area contributed by atoms with Gasteiger partial charge in [-0.3, -0.25) is 9.69 Å². The van der Waals surface area contributed by atoms with Crippen molar-refractivity contribution in [3.63, 3.8) is 0 Å². The number of ether oxygens (including phenoxy) is 1. The Morgan fingerprint density at radius 2 is 1.88 bits per heavy atom. The van der Waals surface area contributed by atoms with Crippen LogP contribution in [0.1, 0.15) is 28.8 Å². The predicted molar refractivity (Wildman–Crippen MR) is 89.1 cm³/mol. The van der Waals surface area contributed by atoms with E-state index in [0.29, 0.717) is 31.7 Å². The number of likely N-dealkylation sites (tertiary alicyclic amines) is 1. The van der Waals surface area contributed by atoms with E-state index in [1.807, 2.05) is 25.1 Å². The van der Waals surface area contributed by atoms with Crippen molar-refractivity contribution in [3.05, 3.63) is 35.4 Å². The van der Waals surface area contributed by atoms with Gasteiger partial charge in [-0.25, -0.2) is 4.79 Å². The summed E-state index contributed by atoms with van der Waals surface area (Å²) in [6, 6.07) is 6.78. The number of hydrogen-bond donors (Lipinski definition) is 1. The van der Waals surface area contributed by atoms with Crippen molar-refractivity contribution in [2.45, 2.75) is 31.8 Å². The molecule has 6 heteroatoms. The largest absolute Gasteiger partial charge is 0.480 e. The maximum Gasteiger partial charge on any atom is 0.326 e. The molecule has 2 atom stereocenters. The second-order valence-corrected chi connectivity index (χ2v) is 6.49. The quantitative estimate of drug-likeness (QED) is 0.906. The van der Waals surface area contributed by atoms with E-state index in [1.54, 1.807) is 6.07 Å². The Labute approximate surface area is 142 Å². The van der Waals surface area contributed by atoms with Crippen molar-refractivity contribution in [2.75, 3.05) is 32.8 Å². The molecule has 2 unspecified atom stereocenters. The van der Waals surface area contributed by atoms with Gasteiger partial charge in [-0.2, -0.15) is 0 Å². The van der Waals surface area contributed by atoms with Gasteiger partial charge in [-0.05, 0) is 31.4 Å². The molecule has 1 N–H and O–H groups in total. The fourth-order valence-corrected chi connectivity index (χ4v) is 3.67. The third-order valence-corrected chi connectivity index (χ3v) is 5.06. The standard InChI is InChI=1S/C18H24N2O4/c1-13-4-2-3-5-15(13)17(21)20-7-6-14(12-16(20)18(22)23)19-8-10-24-11-9-19/h2-5,14,16H,6-12H2,1H3,(H,22,23). The van der Waals surface area contributed by atoms with Crippen LogP contribution in [0.5, 0.6) is 0 Å². The Morgan fingerprint density at radius 3 is 2.54 bits per heavy atom. The van der Waals surface area contributed by atoms with Crippen LogP contribution in [0, 0.1) is 6.92 Å². The monoisotopic (exact) mass is 332 g/mol. The molecule has 0 saturated carbocycles. The summed E-state index contributed by atoms with van der Waals surface area (Å²) in [4.78, 5) is 28.5. The van der Waals surface area contributed by atoms with Crippen LogP contribution in [0.15, 0.2) is 24.3 Å². The number of aliphatic carboxylic acids is 1. The zero-order valence-corrected chi connectivity index (χ0v) is 14.0. The van der Waals surface area contributed by atoms with E-state index in [4.69, 9.17) is 4.74 Å². The van der Waals surface area contributed by atoms with E-state index in [2.05, 4.69) is 4.90 Å². The lowest BCUT2D eigenvalue weighted by Gasteiger charge is -2.43. The molecule has 2 fully saturated rings. The molecule has 2 saturated heterocycles. The van der Waals surface area contributed by atoms with Crippen molar-refractivity contribution >= 4 is 11.9 Å². The number of carboxylic acid groups (broad SMARTS) is 1. The van der Waals surface area contributed by atoms with E-state index in [0.717, 1.165) is 25.1 Å². The third-order valence-electron chi connectivity index (χ3n) is 5.06. The van der Waals surface area contributed by atoms with Gasteiger partial charge in [0.2, 0.25) is 0 Å². The first-order valence-corrected chi connectivity index (χ1v) is 8.49. The molecule has 3 rings (SSSR count). The molecular weight excluding hydrogens is 308 g/mol. The first-order valence-electron chi connectivity index (χ1n) is 8.49. The maximum atomic E-state index is 12.8. The van der Waals surface area contributed by atoms with Gasteiger partial charge in [0.1, 0.15) is 6.04 Å². The predicted octanol–water partition coefficient (Wildman–Crippen LogP) is 1.39. The summed E-state index contributed by atoms with van der Waals surface area (Å²) in [6.07, 6.45) is 1.29. The summed E-state index contributed by atoms with van der Waals surface area (Å²) < 4.78 is 5.37. The normalized spacial score (nSPS) is 25.5. The van der Waals surface area contributed by atoms with Gasteiger partial charge in [0.05, 0.1) is 13.2 Å². The molecule has 1 aromatic carbocycles. The van der Waals surface area contributed by atoms with E-state index in [-0.39, 0.29) is 11.9 Å². The van der Waals surface area contributed by atoms with Crippen molar-refractivity contribution in [1.29, 1.82) is 0 Å². The molecule has 130 valence electrons. The molecule has 2 aliphatic rings. The number of nitrogens with zero attached hydrogens (tertiary/aromatic N) is 2. The summed E-state index contributed by atoms with van der Waals surface area (Å²) >= 11 is 0. The summed E-state index contributed by atoms with van der Waals surface area (Å²) in [5, 5.41) is 9.65. The van der Waals surface area contributed by atoms with E-state index >= 15 is 0 Å². The highest BCUT2D eigenvalue weighted by atomic mass is 16.5. The number of piperidine rings is 1. The van der Waals surface area contributed by atoms with Crippen LogP contribution >= 0.6 is 0 Å². The number of carboxylic acids is 1. The highest BCUT2D eigenvalue weighted by molar-refractivity contribution is 5.98. The lowest BCUT2D eigenvalue weighted by atomic mass is 9.94. The van der Waals surface area contributed by atoms with Crippen LogP contribution in [-0.4, -0.2) is 71.7 Å². The van der Waals surface area contributed by atoms with Crippen LogP contribution in [0.4, 0.5) is 0 Å². The van der Waals surface area contributed by atoms with Crippen molar-refractivity contribution in [2.24, 2.45) is 0 Å². The van der Waals surface area contributed by atoms with Crippen molar-refractivity contribution in [3.8, 4) is 0 Å². The average molecular weight is 332 g/mol. The zero-order valence-electron chi connectivity index (χ0n) is 14.0. The van der Waals surface area contributed by atoms with E-state index in [9.17, 15) is 14.7 Å². The number of amides is 1. The molecule has 0 aromatic heterocycles. The number of benzene rings is 1. The van der Waals surface area contributed by atoms with Gasteiger partial charge in [-0.1, -0.05) is 18.2 Å². The van der Waals surface area contributed by atoms with Gasteiger partial charge in [0.25, 0.3) is 5.91 Å². The Kier molecular flexibility index (Phi) is 5.16. The van der Waals surface area contributed by atoms with Gasteiger partial charge in [0, 0.05) is 31.2 Å². The molecule has 0 bridgehead atoms. The van der Waals surface area contributed by atoms with E-state index in [1.165, 1.54) is 4.90 Å². The van der Waals surface area contributed by atoms with Crippen molar-refractivity contribution < 1.29 is 19.4 Å². The Morgan fingerprint density at radius 1 is 1.17 bits per heavy atom. The van der Waals surface area contributed by atoms with Gasteiger partial charge in [-0.15, -0.1) is 0 Å². The zero-order chi connectivity index (χ0) is 17.1. The fraction of sp³-hybridized carbons (Fsp3) is 0.556. The SMILES string of the molecule is Cc1ccccc1C(=O)N1CCC(N2CCOCC2)CC1C(=O)O. The minimum atomic E-state index is -0.921. The lowest BCUT2D eigenvalue weighted by molar-refractivity contribution is -0.144. The highest BCUT2D eigenvalue weighted by Crippen LogP contribution is 2.25. The second-order valence-electron chi connectivity index (χ2n) is 6.49. The van der Waals surface area contributed by atoms with Gasteiger partial charge < -0.3 is 14.7 Å². The smallest absolute Gasteiger partial charge is 0.326 e. The molecule has 0 spiro atoms. The minimum Gasteiger partial charge on any atom is -0.480 e. The summed E-state index contributed by atoms with van der Waals surface area (Å²) in [5.74, 6) is -1.10. The Hall–Kier alpha value is -1.92. The van der Waals surface area contributed by atoms with Crippen LogP contribution in [0.3, 0.4) is 0 Å². The average Bonchev–Trinajstić information content (AvgIpc) is 2.62. The van der Waals surface area contributed by atoms with Crippen LogP contribution in [-0.2, 0) is 9.53 Å². The topological polar surface area (TPSA) is 70.1 Å². The molecule has 1 aromatic rings. The first-order chi connectivity index (χ1) is 11.6. The number of hydrogen-bond acceptors (Lipinski definition) is 4. The minimum absolute atomic E-state index is 0.180. The van der Waals surface area contributed by atoms with Crippen LogP contribution in [0.2, 0.25) is 0 Å². The summed E-state index contributed by atoms with van der Waals surface area (Å²) in [6.45, 7) is 5.42. The second kappa shape index (κ2) is 7.32. The van der Waals surface area contributed by atoms with Gasteiger partial charge in [0.15, 0.2) is 0 Å². The summed E-state index contributed by atoms with van der Waals surface area (Å²) in [5.41, 5.74) is 1.47. The number of carbonyl (C=O) groups is 2. The molecule has 2 heterocycles. The Bertz CT molecular complexity index is 613. The van der Waals surface area contributed by atoms with Gasteiger partial charge >= 0.3 is 5.97 Å². The number of aryl methyl sites for hydroxylation is 1. The van der Waals surface area contributed by atoms with Crippen molar-refractivity contribution in [1.82, 2.24) is 9.80 Å². The molecule has 24 heavy (non-hydrogen) atoms. The lowest BCUT2D eigenvalue weighted by Crippen LogP contribution is -2.56. The molecule has 1 amide bonds. The first kappa shape index (κ1) is 16.9. The number of morpholine rings is 1.